The van der Waals surface area contributed by atoms with Crippen molar-refractivity contribution in [1.29, 1.82) is 0 Å². The van der Waals surface area contributed by atoms with E-state index in [-0.39, 0.29) is 6.54 Å². The quantitative estimate of drug-likeness (QED) is 0.746. The number of nitrogens with two attached hydrogens (primary N) is 2. The average Bonchev–Trinajstić information content (AvgIpc) is 2.25. The summed E-state index contributed by atoms with van der Waals surface area (Å²) in [7, 11) is -3.21. The predicted molar refractivity (Wildman–Crippen MR) is 71.6 cm³/mol. The van der Waals surface area contributed by atoms with Crippen molar-refractivity contribution >= 4 is 21.2 Å². The molecule has 1 aromatic rings. The lowest BCUT2D eigenvalue weighted by Gasteiger charge is -2.25. The first kappa shape index (κ1) is 13.8. The minimum atomic E-state index is -3.21. The summed E-state index contributed by atoms with van der Waals surface area (Å²) in [6.07, 6.45) is 1.15. The van der Waals surface area contributed by atoms with Gasteiger partial charge in [-0.1, -0.05) is 0 Å². The summed E-state index contributed by atoms with van der Waals surface area (Å²) in [6.45, 7) is 2.91. The zero-order valence-electron chi connectivity index (χ0n) is 10.1. The Morgan fingerprint density at radius 2 is 1.82 bits per heavy atom. The molecule has 6 heteroatoms. The van der Waals surface area contributed by atoms with E-state index in [0.717, 1.165) is 11.9 Å². The molecule has 0 radical (unpaired) electrons. The molecule has 0 aliphatic carbocycles. The van der Waals surface area contributed by atoms with Gasteiger partial charge in [0.25, 0.3) is 0 Å². The van der Waals surface area contributed by atoms with E-state index < -0.39 is 15.2 Å². The van der Waals surface area contributed by atoms with Crippen molar-refractivity contribution in [2.24, 2.45) is 5.73 Å². The molecule has 17 heavy (non-hydrogen) atoms. The Labute approximate surface area is 102 Å². The summed E-state index contributed by atoms with van der Waals surface area (Å²) >= 11 is 0. The minimum Gasteiger partial charge on any atom is -0.399 e. The summed E-state index contributed by atoms with van der Waals surface area (Å²) in [5, 5.41) is -0.875. The predicted octanol–water partition coefficient (Wildman–Crippen LogP) is 0.425. The van der Waals surface area contributed by atoms with E-state index >= 15 is 0 Å². The molecule has 0 saturated heterocycles. The van der Waals surface area contributed by atoms with Crippen LogP contribution in [0.2, 0.25) is 0 Å². The van der Waals surface area contributed by atoms with Crippen molar-refractivity contribution in [2.45, 2.75) is 12.3 Å². The van der Waals surface area contributed by atoms with Gasteiger partial charge in [0.05, 0.1) is 0 Å². The number of anilines is 2. The second-order valence-electron chi connectivity index (χ2n) is 4.00. The Balaban J connectivity index is 2.83. The molecule has 0 bridgehead atoms. The Hall–Kier alpha value is -1.27. The maximum Gasteiger partial charge on any atom is 0.164 e. The van der Waals surface area contributed by atoms with Gasteiger partial charge < -0.3 is 16.4 Å². The van der Waals surface area contributed by atoms with Crippen LogP contribution in [0.1, 0.15) is 6.92 Å². The molecular weight excluding hydrogens is 238 g/mol. The molecule has 0 saturated carbocycles. The summed E-state index contributed by atoms with van der Waals surface area (Å²) in [5.41, 5.74) is 12.8. The van der Waals surface area contributed by atoms with Crippen molar-refractivity contribution in [2.75, 3.05) is 30.0 Å². The molecule has 0 spiro atoms. The van der Waals surface area contributed by atoms with Gasteiger partial charge in [-0.05, 0) is 31.2 Å². The maximum absolute atomic E-state index is 11.3. The van der Waals surface area contributed by atoms with Crippen molar-refractivity contribution in [3.63, 3.8) is 0 Å². The van der Waals surface area contributed by atoms with Crippen LogP contribution in [0.15, 0.2) is 24.3 Å². The third kappa shape index (κ3) is 3.90. The molecule has 0 aromatic heterocycles. The Morgan fingerprint density at radius 1 is 1.29 bits per heavy atom. The van der Waals surface area contributed by atoms with Gasteiger partial charge in [0.1, 0.15) is 5.37 Å². The molecule has 1 rings (SSSR count). The summed E-state index contributed by atoms with van der Waals surface area (Å²) in [4.78, 5) is 1.91. The molecular formula is C11H19N3O2S. The van der Waals surface area contributed by atoms with Gasteiger partial charge >= 0.3 is 0 Å². The fraction of sp³-hybridized carbons (Fsp3) is 0.455. The van der Waals surface area contributed by atoms with E-state index in [1.807, 2.05) is 24.0 Å². The maximum atomic E-state index is 11.3. The molecule has 4 N–H and O–H groups in total. The zero-order valence-corrected chi connectivity index (χ0v) is 10.9. The minimum absolute atomic E-state index is 0.277. The Bertz CT molecular complexity index is 456. The SMILES string of the molecule is CCN(CC(N)S(C)(=O)=O)c1ccc(N)cc1. The van der Waals surface area contributed by atoms with Gasteiger partial charge in [-0.25, -0.2) is 8.42 Å². The standard InChI is InChI=1S/C11H19N3O2S/c1-3-14(8-11(13)17(2,15)16)10-6-4-9(12)5-7-10/h4-7,11H,3,8,12-13H2,1-2H3. The highest BCUT2D eigenvalue weighted by molar-refractivity contribution is 7.91. The first-order valence-corrected chi connectivity index (χ1v) is 7.35. The molecule has 0 heterocycles. The van der Waals surface area contributed by atoms with Crippen molar-refractivity contribution in [1.82, 2.24) is 0 Å². The van der Waals surface area contributed by atoms with Crippen molar-refractivity contribution in [3.05, 3.63) is 24.3 Å². The molecule has 1 unspecified atom stereocenters. The van der Waals surface area contributed by atoms with Crippen LogP contribution in [0.4, 0.5) is 11.4 Å². The Kier molecular flexibility index (Phi) is 4.36. The van der Waals surface area contributed by atoms with Crippen LogP contribution in [0.3, 0.4) is 0 Å². The van der Waals surface area contributed by atoms with Gasteiger partial charge in [0.2, 0.25) is 0 Å². The van der Waals surface area contributed by atoms with Crippen molar-refractivity contribution in [3.8, 4) is 0 Å². The summed E-state index contributed by atoms with van der Waals surface area (Å²) in [5.74, 6) is 0. The second kappa shape index (κ2) is 5.37. The van der Waals surface area contributed by atoms with Gasteiger partial charge in [0, 0.05) is 30.7 Å². The smallest absolute Gasteiger partial charge is 0.164 e. The molecule has 1 atom stereocenters. The van der Waals surface area contributed by atoms with E-state index in [4.69, 9.17) is 11.5 Å². The van der Waals surface area contributed by atoms with E-state index in [9.17, 15) is 8.42 Å². The van der Waals surface area contributed by atoms with Crippen LogP contribution >= 0.6 is 0 Å². The third-order valence-electron chi connectivity index (χ3n) is 2.59. The number of nitrogen functional groups attached to an aromatic ring is 1. The zero-order chi connectivity index (χ0) is 13.1. The monoisotopic (exact) mass is 257 g/mol. The first-order valence-electron chi connectivity index (χ1n) is 5.39. The third-order valence-corrected chi connectivity index (χ3v) is 3.84. The highest BCUT2D eigenvalue weighted by Crippen LogP contribution is 2.16. The fourth-order valence-electron chi connectivity index (χ4n) is 1.45. The summed E-state index contributed by atoms with van der Waals surface area (Å²) < 4.78 is 22.6. The van der Waals surface area contributed by atoms with Crippen molar-refractivity contribution < 1.29 is 8.42 Å². The molecule has 0 aliphatic rings. The highest BCUT2D eigenvalue weighted by atomic mass is 32.2. The van der Waals surface area contributed by atoms with E-state index in [1.54, 1.807) is 12.1 Å². The molecule has 0 aliphatic heterocycles. The molecule has 0 amide bonds. The molecule has 5 nitrogen and oxygen atoms in total. The number of likely N-dealkylation sites (N-methyl/N-ethyl adjacent to an activating group) is 1. The second-order valence-corrected chi connectivity index (χ2v) is 6.26. The van der Waals surface area contributed by atoms with Crippen LogP contribution in [-0.2, 0) is 9.84 Å². The number of nitrogens with zero attached hydrogens (tertiary/aromatic N) is 1. The van der Waals surface area contributed by atoms with Crippen LogP contribution in [0, 0.1) is 0 Å². The first-order chi connectivity index (χ1) is 7.84. The molecule has 1 aromatic carbocycles. The summed E-state index contributed by atoms with van der Waals surface area (Å²) in [6, 6.07) is 7.27. The average molecular weight is 257 g/mol. The van der Waals surface area contributed by atoms with Crippen LogP contribution in [-0.4, -0.2) is 33.1 Å². The number of hydrogen-bond donors (Lipinski definition) is 2. The van der Waals surface area contributed by atoms with Gasteiger partial charge in [-0.15, -0.1) is 0 Å². The largest absolute Gasteiger partial charge is 0.399 e. The van der Waals surface area contributed by atoms with Crippen LogP contribution in [0.25, 0.3) is 0 Å². The number of rotatable bonds is 5. The van der Waals surface area contributed by atoms with Gasteiger partial charge in [0.15, 0.2) is 9.84 Å². The van der Waals surface area contributed by atoms with Gasteiger partial charge in [-0.3, -0.25) is 0 Å². The van der Waals surface area contributed by atoms with E-state index in [1.165, 1.54) is 0 Å². The fourth-order valence-corrected chi connectivity index (χ4v) is 1.91. The van der Waals surface area contributed by atoms with Crippen LogP contribution in [0.5, 0.6) is 0 Å². The lowest BCUT2D eigenvalue weighted by atomic mass is 10.2. The Morgan fingerprint density at radius 3 is 2.24 bits per heavy atom. The number of sulfone groups is 1. The van der Waals surface area contributed by atoms with Gasteiger partial charge in [-0.2, -0.15) is 0 Å². The lowest BCUT2D eigenvalue weighted by Crippen LogP contribution is -2.42. The molecule has 0 fully saturated rings. The van der Waals surface area contributed by atoms with Crippen LogP contribution < -0.4 is 16.4 Å². The lowest BCUT2D eigenvalue weighted by molar-refractivity contribution is 0.584. The highest BCUT2D eigenvalue weighted by Gasteiger charge is 2.18. The van der Waals surface area contributed by atoms with E-state index in [2.05, 4.69) is 0 Å². The number of benzene rings is 1. The van der Waals surface area contributed by atoms with E-state index in [0.29, 0.717) is 12.2 Å². The topological polar surface area (TPSA) is 89.4 Å². The number of hydrogen-bond acceptors (Lipinski definition) is 5. The molecule has 96 valence electrons. The normalized spacial score (nSPS) is 13.4.